The van der Waals surface area contributed by atoms with Gasteiger partial charge < -0.3 is 5.32 Å². The van der Waals surface area contributed by atoms with Crippen LogP contribution in [-0.4, -0.2) is 26.8 Å². The van der Waals surface area contributed by atoms with Gasteiger partial charge in [0.1, 0.15) is 0 Å². The van der Waals surface area contributed by atoms with Crippen molar-refractivity contribution in [1.29, 1.82) is 0 Å². The Morgan fingerprint density at radius 3 is 2.57 bits per heavy atom. The second-order valence-electron chi connectivity index (χ2n) is 5.08. The Morgan fingerprint density at radius 1 is 1.19 bits per heavy atom. The Kier molecular flexibility index (Phi) is 6.20. The van der Waals surface area contributed by atoms with Gasteiger partial charge in [0.25, 0.3) is 0 Å². The first kappa shape index (κ1) is 17.3. The summed E-state index contributed by atoms with van der Waals surface area (Å²) in [5.41, 5.74) is 0.306. The van der Waals surface area contributed by atoms with E-state index in [4.69, 9.17) is 23.2 Å². The molecule has 1 aliphatic carbocycles. The van der Waals surface area contributed by atoms with Crippen LogP contribution < -0.4 is 10.0 Å². The molecule has 1 aromatic rings. The maximum atomic E-state index is 12.0. The highest BCUT2D eigenvalue weighted by Gasteiger charge is 2.20. The van der Waals surface area contributed by atoms with Gasteiger partial charge in [-0.15, -0.1) is 0 Å². The summed E-state index contributed by atoms with van der Waals surface area (Å²) >= 11 is 15.2. The molecule has 2 N–H and O–H groups in total. The zero-order valence-electron chi connectivity index (χ0n) is 11.3. The summed E-state index contributed by atoms with van der Waals surface area (Å²) in [6.07, 6.45) is 3.93. The van der Waals surface area contributed by atoms with Crippen molar-refractivity contribution in [2.24, 2.45) is 0 Å². The fourth-order valence-electron chi connectivity index (χ4n) is 1.83. The van der Waals surface area contributed by atoms with E-state index in [0.717, 1.165) is 13.0 Å². The molecule has 0 aliphatic heterocycles. The molecule has 0 atom stereocenters. The molecule has 8 heteroatoms. The Balaban J connectivity index is 1.83. The lowest BCUT2D eigenvalue weighted by Crippen LogP contribution is -2.20. The molecule has 1 fully saturated rings. The first-order valence-corrected chi connectivity index (χ1v) is 9.96. The zero-order valence-corrected chi connectivity index (χ0v) is 15.2. The van der Waals surface area contributed by atoms with Crippen molar-refractivity contribution in [2.45, 2.75) is 31.7 Å². The fraction of sp³-hybridized carbons (Fsp3) is 0.538. The molecule has 0 bridgehead atoms. The van der Waals surface area contributed by atoms with Crippen molar-refractivity contribution < 1.29 is 8.42 Å². The van der Waals surface area contributed by atoms with E-state index in [0.29, 0.717) is 27.6 Å². The summed E-state index contributed by atoms with van der Waals surface area (Å²) in [5.74, 6) is 0.0728. The van der Waals surface area contributed by atoms with Crippen molar-refractivity contribution in [3.63, 3.8) is 0 Å². The maximum absolute atomic E-state index is 12.0. The van der Waals surface area contributed by atoms with Gasteiger partial charge in [-0.3, -0.25) is 4.72 Å². The van der Waals surface area contributed by atoms with Gasteiger partial charge in [-0.25, -0.2) is 8.42 Å². The third kappa shape index (κ3) is 5.60. The number of halogens is 3. The summed E-state index contributed by atoms with van der Waals surface area (Å²) in [4.78, 5) is 0. The second kappa shape index (κ2) is 7.51. The van der Waals surface area contributed by atoms with Crippen LogP contribution in [0.3, 0.4) is 0 Å². The number of benzene rings is 1. The normalized spacial score (nSPS) is 15.2. The molecule has 2 rings (SSSR count). The number of unbranched alkanes of at least 4 members (excludes halogenated alkanes) is 1. The number of hydrogen-bond acceptors (Lipinski definition) is 3. The fourth-order valence-corrected chi connectivity index (χ4v) is 3.90. The summed E-state index contributed by atoms with van der Waals surface area (Å²) < 4.78 is 27.1. The highest BCUT2D eigenvalue weighted by atomic mass is 79.9. The summed E-state index contributed by atoms with van der Waals surface area (Å²) in [6, 6.07) is 3.90. The lowest BCUT2D eigenvalue weighted by molar-refractivity contribution is 0.591. The molecule has 1 aliphatic rings. The maximum Gasteiger partial charge on any atom is 0.232 e. The first-order valence-electron chi connectivity index (χ1n) is 6.76. The molecule has 1 aromatic carbocycles. The van der Waals surface area contributed by atoms with Crippen LogP contribution in [0.5, 0.6) is 0 Å². The van der Waals surface area contributed by atoms with Gasteiger partial charge in [0.15, 0.2) is 0 Å². The van der Waals surface area contributed by atoms with Crippen molar-refractivity contribution in [2.75, 3.05) is 17.0 Å². The molecule has 0 spiro atoms. The van der Waals surface area contributed by atoms with E-state index in [-0.39, 0.29) is 10.8 Å². The molecule has 0 saturated heterocycles. The van der Waals surface area contributed by atoms with Gasteiger partial charge in [0, 0.05) is 10.5 Å². The molecule has 0 heterocycles. The van der Waals surface area contributed by atoms with E-state index >= 15 is 0 Å². The molecule has 4 nitrogen and oxygen atoms in total. The molecule has 0 unspecified atom stereocenters. The largest absolute Gasteiger partial charge is 0.314 e. The Labute approximate surface area is 143 Å². The third-order valence-electron chi connectivity index (χ3n) is 3.15. The number of hydrogen-bond donors (Lipinski definition) is 2. The van der Waals surface area contributed by atoms with Gasteiger partial charge in [0.05, 0.1) is 21.5 Å². The zero-order chi connectivity index (χ0) is 15.5. The topological polar surface area (TPSA) is 58.2 Å². The van der Waals surface area contributed by atoms with E-state index in [1.807, 2.05) is 0 Å². The molecule has 0 amide bonds. The summed E-state index contributed by atoms with van der Waals surface area (Å²) in [5, 5.41) is 3.85. The number of nitrogens with one attached hydrogen (secondary N) is 2. The smallest absolute Gasteiger partial charge is 0.232 e. The van der Waals surface area contributed by atoms with Gasteiger partial charge in [0.2, 0.25) is 10.0 Å². The predicted octanol–water partition coefficient (Wildman–Crippen LogP) is 4.03. The summed E-state index contributed by atoms with van der Waals surface area (Å²) in [6.45, 7) is 0.866. The molecule has 0 aromatic heterocycles. The Morgan fingerprint density at radius 2 is 1.90 bits per heavy atom. The minimum absolute atomic E-state index is 0.0728. The minimum atomic E-state index is -3.41. The van der Waals surface area contributed by atoms with E-state index in [9.17, 15) is 8.42 Å². The van der Waals surface area contributed by atoms with Gasteiger partial charge in [-0.1, -0.05) is 23.2 Å². The summed E-state index contributed by atoms with van der Waals surface area (Å²) in [7, 11) is -3.41. The second-order valence-corrected chi connectivity index (χ2v) is 8.53. The molecule has 21 heavy (non-hydrogen) atoms. The van der Waals surface area contributed by atoms with Gasteiger partial charge >= 0.3 is 0 Å². The van der Waals surface area contributed by atoms with Crippen LogP contribution in [0.15, 0.2) is 16.6 Å². The number of anilines is 1. The SMILES string of the molecule is O=S(=O)(CCCCNC1CC1)Nc1ccc(Br)c(Cl)c1Cl. The van der Waals surface area contributed by atoms with Crippen molar-refractivity contribution in [1.82, 2.24) is 5.32 Å². The van der Waals surface area contributed by atoms with Crippen LogP contribution >= 0.6 is 39.1 Å². The Bertz CT molecular complexity index is 606. The van der Waals surface area contributed by atoms with E-state index in [1.165, 1.54) is 12.8 Å². The average Bonchev–Trinajstić information content (AvgIpc) is 3.23. The highest BCUT2D eigenvalue weighted by Crippen LogP contribution is 2.36. The third-order valence-corrected chi connectivity index (χ3v) is 6.28. The predicted molar refractivity (Wildman–Crippen MR) is 91.8 cm³/mol. The lowest BCUT2D eigenvalue weighted by atomic mass is 10.3. The van der Waals surface area contributed by atoms with Crippen LogP contribution in [0.2, 0.25) is 10.0 Å². The molecule has 118 valence electrons. The van der Waals surface area contributed by atoms with Crippen LogP contribution in [0.4, 0.5) is 5.69 Å². The highest BCUT2D eigenvalue weighted by molar-refractivity contribution is 9.10. The molecular formula is C13H17BrCl2N2O2S. The van der Waals surface area contributed by atoms with Gasteiger partial charge in [-0.05, 0) is 60.3 Å². The number of sulfonamides is 1. The minimum Gasteiger partial charge on any atom is -0.314 e. The van der Waals surface area contributed by atoms with E-state index in [2.05, 4.69) is 26.0 Å². The lowest BCUT2D eigenvalue weighted by Gasteiger charge is -2.11. The monoisotopic (exact) mass is 414 g/mol. The average molecular weight is 416 g/mol. The molecular weight excluding hydrogens is 399 g/mol. The number of rotatable bonds is 8. The van der Waals surface area contributed by atoms with Crippen LogP contribution in [0, 0.1) is 0 Å². The van der Waals surface area contributed by atoms with E-state index in [1.54, 1.807) is 12.1 Å². The van der Waals surface area contributed by atoms with E-state index < -0.39 is 10.0 Å². The van der Waals surface area contributed by atoms with Crippen molar-refractivity contribution >= 4 is 54.8 Å². The van der Waals surface area contributed by atoms with Crippen molar-refractivity contribution in [3.8, 4) is 0 Å². The Hall–Kier alpha value is -0.0100. The quantitative estimate of drug-likeness (QED) is 0.497. The standard InChI is InChI=1S/C13H17BrCl2N2O2S/c14-10-5-6-11(13(16)12(10)15)18-21(19,20)8-2-1-7-17-9-3-4-9/h5-6,9,17-18H,1-4,7-8H2. The van der Waals surface area contributed by atoms with Crippen LogP contribution in [0.25, 0.3) is 0 Å². The molecule has 0 radical (unpaired) electrons. The van der Waals surface area contributed by atoms with Gasteiger partial charge in [-0.2, -0.15) is 0 Å². The van der Waals surface area contributed by atoms with Crippen LogP contribution in [0.1, 0.15) is 25.7 Å². The first-order chi connectivity index (χ1) is 9.89. The van der Waals surface area contributed by atoms with Crippen LogP contribution in [-0.2, 0) is 10.0 Å². The van der Waals surface area contributed by atoms with Crippen molar-refractivity contribution in [3.05, 3.63) is 26.7 Å². The molecule has 1 saturated carbocycles.